The fourth-order valence-corrected chi connectivity index (χ4v) is 2.22. The summed E-state index contributed by atoms with van der Waals surface area (Å²) in [5, 5.41) is 7.72. The summed E-state index contributed by atoms with van der Waals surface area (Å²) in [4.78, 5) is 4.34. The van der Waals surface area contributed by atoms with Crippen LogP contribution in [0.15, 0.2) is 24.5 Å². The van der Waals surface area contributed by atoms with Gasteiger partial charge in [-0.05, 0) is 25.5 Å². The molecule has 0 atom stereocenters. The molecule has 0 unspecified atom stereocenters. The van der Waals surface area contributed by atoms with Gasteiger partial charge in [0.25, 0.3) is 0 Å². The van der Waals surface area contributed by atoms with E-state index in [1.54, 1.807) is 13.4 Å². The average Bonchev–Trinajstić information content (AvgIpc) is 2.86. The predicted octanol–water partition coefficient (Wildman–Crippen LogP) is 2.39. The van der Waals surface area contributed by atoms with Gasteiger partial charge in [0, 0.05) is 5.56 Å². The highest BCUT2D eigenvalue weighted by atomic mass is 16.5. The molecule has 2 aromatic rings. The van der Waals surface area contributed by atoms with Gasteiger partial charge in [-0.1, -0.05) is 31.5 Å². The van der Waals surface area contributed by atoms with Crippen molar-refractivity contribution in [1.29, 1.82) is 0 Å². The number of nitrogens with one attached hydrogen (secondary N) is 1. The quantitative estimate of drug-likeness (QED) is 0.850. The van der Waals surface area contributed by atoms with Gasteiger partial charge in [-0.2, -0.15) is 5.10 Å². The number of hydrogen-bond acceptors (Lipinski definition) is 4. The van der Waals surface area contributed by atoms with E-state index in [9.17, 15) is 0 Å². The summed E-state index contributed by atoms with van der Waals surface area (Å²) in [5.74, 6) is 2.45. The zero-order valence-electron chi connectivity index (χ0n) is 13.3. The molecule has 2 rings (SSSR count). The molecule has 0 aliphatic rings. The summed E-state index contributed by atoms with van der Waals surface area (Å²) >= 11 is 0. The van der Waals surface area contributed by atoms with Crippen LogP contribution in [0.2, 0.25) is 0 Å². The minimum Gasteiger partial charge on any atom is -0.496 e. The number of rotatable bonds is 7. The van der Waals surface area contributed by atoms with Crippen molar-refractivity contribution in [3.05, 3.63) is 41.5 Å². The van der Waals surface area contributed by atoms with Gasteiger partial charge in [0.05, 0.1) is 20.2 Å². The summed E-state index contributed by atoms with van der Waals surface area (Å²) in [5.41, 5.74) is 2.33. The highest BCUT2D eigenvalue weighted by Gasteiger charge is 2.09. The van der Waals surface area contributed by atoms with Gasteiger partial charge in [0.1, 0.15) is 17.9 Å². The molecular weight excluding hydrogens is 264 g/mol. The summed E-state index contributed by atoms with van der Waals surface area (Å²) in [7, 11) is 1.70. The topological polar surface area (TPSA) is 52.0 Å². The average molecular weight is 288 g/mol. The molecular formula is C16H24N4O. The lowest BCUT2D eigenvalue weighted by molar-refractivity contribution is 0.406. The summed E-state index contributed by atoms with van der Waals surface area (Å²) in [6.45, 7) is 8.83. The lowest BCUT2D eigenvalue weighted by Crippen LogP contribution is -2.22. The number of benzene rings is 1. The second kappa shape index (κ2) is 7.22. The van der Waals surface area contributed by atoms with Crippen LogP contribution in [0.5, 0.6) is 5.75 Å². The third kappa shape index (κ3) is 4.29. The molecule has 0 aliphatic heterocycles. The lowest BCUT2D eigenvalue weighted by atomic mass is 10.1. The van der Waals surface area contributed by atoms with E-state index in [-0.39, 0.29) is 0 Å². The molecule has 0 spiro atoms. The molecule has 114 valence electrons. The van der Waals surface area contributed by atoms with Gasteiger partial charge in [-0.25, -0.2) is 9.67 Å². The van der Waals surface area contributed by atoms with Crippen LogP contribution in [0.1, 0.15) is 30.8 Å². The second-order valence-electron chi connectivity index (χ2n) is 5.67. The summed E-state index contributed by atoms with van der Waals surface area (Å²) in [6.07, 6.45) is 1.61. The Morgan fingerprint density at radius 1 is 1.33 bits per heavy atom. The number of ether oxygens (including phenoxy) is 1. The summed E-state index contributed by atoms with van der Waals surface area (Å²) < 4.78 is 7.35. The molecule has 1 heterocycles. The van der Waals surface area contributed by atoms with Crippen molar-refractivity contribution >= 4 is 0 Å². The fraction of sp³-hybridized carbons (Fsp3) is 0.500. The Labute approximate surface area is 126 Å². The van der Waals surface area contributed by atoms with E-state index in [2.05, 4.69) is 48.3 Å². The van der Waals surface area contributed by atoms with E-state index in [1.165, 1.54) is 5.56 Å². The molecule has 21 heavy (non-hydrogen) atoms. The van der Waals surface area contributed by atoms with Crippen LogP contribution in [0, 0.1) is 12.8 Å². The molecule has 1 aromatic carbocycles. The van der Waals surface area contributed by atoms with Crippen molar-refractivity contribution < 1.29 is 4.74 Å². The Hall–Kier alpha value is -1.88. The van der Waals surface area contributed by atoms with Crippen LogP contribution in [0.25, 0.3) is 0 Å². The molecule has 1 N–H and O–H groups in total. The smallest absolute Gasteiger partial charge is 0.141 e. The first-order valence-corrected chi connectivity index (χ1v) is 7.31. The zero-order chi connectivity index (χ0) is 15.2. The summed E-state index contributed by atoms with van der Waals surface area (Å²) in [6, 6.07) is 6.18. The monoisotopic (exact) mass is 288 g/mol. The van der Waals surface area contributed by atoms with Gasteiger partial charge in [0.15, 0.2) is 0 Å². The number of aromatic nitrogens is 3. The van der Waals surface area contributed by atoms with Gasteiger partial charge < -0.3 is 10.1 Å². The first-order valence-electron chi connectivity index (χ1n) is 7.31. The van der Waals surface area contributed by atoms with Crippen LogP contribution in [0.4, 0.5) is 0 Å². The Kier molecular flexibility index (Phi) is 5.33. The van der Waals surface area contributed by atoms with Crippen LogP contribution in [0.3, 0.4) is 0 Å². The Bertz CT molecular complexity index is 577. The second-order valence-corrected chi connectivity index (χ2v) is 5.67. The van der Waals surface area contributed by atoms with Crippen molar-refractivity contribution in [3.8, 4) is 5.75 Å². The van der Waals surface area contributed by atoms with Crippen molar-refractivity contribution in [2.45, 2.75) is 33.9 Å². The lowest BCUT2D eigenvalue weighted by Gasteiger charge is -2.12. The third-order valence-corrected chi connectivity index (χ3v) is 3.29. The van der Waals surface area contributed by atoms with E-state index in [4.69, 9.17) is 4.74 Å². The van der Waals surface area contributed by atoms with E-state index in [0.717, 1.165) is 30.2 Å². The van der Waals surface area contributed by atoms with Crippen LogP contribution in [-0.2, 0) is 13.1 Å². The highest BCUT2D eigenvalue weighted by Crippen LogP contribution is 2.20. The normalized spacial score (nSPS) is 11.1. The largest absolute Gasteiger partial charge is 0.496 e. The molecule has 0 saturated heterocycles. The van der Waals surface area contributed by atoms with E-state index in [0.29, 0.717) is 12.5 Å². The molecule has 0 radical (unpaired) electrons. The highest BCUT2D eigenvalue weighted by molar-refractivity contribution is 5.37. The minimum absolute atomic E-state index is 0.623. The van der Waals surface area contributed by atoms with Crippen LogP contribution < -0.4 is 10.1 Å². The first kappa shape index (κ1) is 15.5. The van der Waals surface area contributed by atoms with Crippen LogP contribution >= 0.6 is 0 Å². The maximum Gasteiger partial charge on any atom is 0.141 e. The van der Waals surface area contributed by atoms with Crippen molar-refractivity contribution in [3.63, 3.8) is 0 Å². The molecule has 1 aromatic heterocycles. The maximum absolute atomic E-state index is 5.42. The van der Waals surface area contributed by atoms with E-state index in [1.807, 2.05) is 10.7 Å². The predicted molar refractivity (Wildman–Crippen MR) is 83.4 cm³/mol. The molecule has 0 aliphatic carbocycles. The van der Waals surface area contributed by atoms with E-state index < -0.39 is 0 Å². The molecule has 0 bridgehead atoms. The molecule has 0 amide bonds. The Morgan fingerprint density at radius 2 is 2.14 bits per heavy atom. The van der Waals surface area contributed by atoms with E-state index >= 15 is 0 Å². The van der Waals surface area contributed by atoms with Crippen molar-refractivity contribution in [2.24, 2.45) is 5.92 Å². The van der Waals surface area contributed by atoms with Crippen molar-refractivity contribution in [2.75, 3.05) is 13.7 Å². The minimum atomic E-state index is 0.623. The number of hydrogen-bond donors (Lipinski definition) is 1. The maximum atomic E-state index is 5.42. The van der Waals surface area contributed by atoms with Gasteiger partial charge >= 0.3 is 0 Å². The first-order chi connectivity index (χ1) is 10.1. The fourth-order valence-electron chi connectivity index (χ4n) is 2.22. The Morgan fingerprint density at radius 3 is 2.86 bits per heavy atom. The van der Waals surface area contributed by atoms with Crippen molar-refractivity contribution in [1.82, 2.24) is 20.1 Å². The Balaban J connectivity index is 2.10. The van der Waals surface area contributed by atoms with Gasteiger partial charge in [0.2, 0.25) is 0 Å². The number of methoxy groups -OCH3 is 1. The number of nitrogens with zero attached hydrogens (tertiary/aromatic N) is 3. The third-order valence-electron chi connectivity index (χ3n) is 3.29. The molecule has 0 fully saturated rings. The molecule has 0 saturated carbocycles. The van der Waals surface area contributed by atoms with Gasteiger partial charge in [-0.3, -0.25) is 0 Å². The molecule has 5 nitrogen and oxygen atoms in total. The zero-order valence-corrected chi connectivity index (χ0v) is 13.3. The number of aryl methyl sites for hydroxylation is 1. The standard InChI is InChI=1S/C16H24N4O/c1-12(2)8-17-9-16-18-11-19-20(16)10-14-7-13(3)5-6-15(14)21-4/h5-7,11-12,17H,8-10H2,1-4H3. The SMILES string of the molecule is COc1ccc(C)cc1Cn1ncnc1CNCC(C)C. The van der Waals surface area contributed by atoms with Gasteiger partial charge in [-0.15, -0.1) is 0 Å². The van der Waals surface area contributed by atoms with Crippen LogP contribution in [-0.4, -0.2) is 28.4 Å². The molecule has 5 heteroatoms.